The number of benzene rings is 1. The molecule has 0 spiro atoms. The fourth-order valence-electron chi connectivity index (χ4n) is 1.21. The molecule has 1 aromatic carbocycles. The van der Waals surface area contributed by atoms with Gasteiger partial charge in [0.15, 0.2) is 9.84 Å². The average molecular weight is 263 g/mol. The first kappa shape index (κ1) is 13.0. The Hall–Kier alpha value is -1.07. The molecule has 4 nitrogen and oxygen atoms in total. The third-order valence-corrected chi connectivity index (χ3v) is 3.96. The van der Waals surface area contributed by atoms with Gasteiger partial charge < -0.3 is 9.53 Å². The van der Waals surface area contributed by atoms with Gasteiger partial charge in [0.25, 0.3) is 0 Å². The summed E-state index contributed by atoms with van der Waals surface area (Å²) in [5.74, 6) is -0.0111. The molecular weight excluding hydrogens is 252 g/mol. The fourth-order valence-corrected chi connectivity index (χ4v) is 2.83. The molecule has 0 atom stereocenters. The van der Waals surface area contributed by atoms with E-state index >= 15 is 0 Å². The second-order valence-corrected chi connectivity index (χ2v) is 5.58. The van der Waals surface area contributed by atoms with Gasteiger partial charge in [-0.05, 0) is 18.2 Å². The maximum atomic E-state index is 11.8. The van der Waals surface area contributed by atoms with E-state index in [1.807, 2.05) is 0 Å². The zero-order chi connectivity index (χ0) is 12.2. The molecule has 0 fully saturated rings. The molecule has 1 aromatic rings. The zero-order valence-electron chi connectivity index (χ0n) is 8.64. The molecule has 0 N–H and O–H groups in total. The largest absolute Gasteiger partial charge is 0.495 e. The first-order valence-electron chi connectivity index (χ1n) is 4.51. The van der Waals surface area contributed by atoms with Crippen LogP contribution in [-0.4, -0.2) is 27.6 Å². The van der Waals surface area contributed by atoms with Gasteiger partial charge in [-0.1, -0.05) is 11.6 Å². The highest BCUT2D eigenvalue weighted by Gasteiger charge is 2.19. The number of sulfone groups is 1. The van der Waals surface area contributed by atoms with E-state index in [9.17, 15) is 13.2 Å². The first-order valence-corrected chi connectivity index (χ1v) is 6.54. The number of carbonyl (C=O) groups is 1. The van der Waals surface area contributed by atoms with E-state index in [0.29, 0.717) is 11.3 Å². The van der Waals surface area contributed by atoms with Gasteiger partial charge in [-0.25, -0.2) is 8.42 Å². The van der Waals surface area contributed by atoms with Gasteiger partial charge in [-0.2, -0.15) is 0 Å². The van der Waals surface area contributed by atoms with Crippen LogP contribution in [0.15, 0.2) is 23.1 Å². The van der Waals surface area contributed by atoms with Gasteiger partial charge in [-0.3, -0.25) is 0 Å². The number of aldehydes is 1. The molecule has 0 aliphatic carbocycles. The molecule has 0 saturated carbocycles. The highest BCUT2D eigenvalue weighted by Crippen LogP contribution is 2.28. The Labute approximate surface area is 99.1 Å². The molecule has 0 heterocycles. The Bertz CT molecular complexity index is 482. The Balaban J connectivity index is 3.19. The van der Waals surface area contributed by atoms with Crippen LogP contribution in [-0.2, 0) is 14.6 Å². The summed E-state index contributed by atoms with van der Waals surface area (Å²) in [5.41, 5.74) is 0. The van der Waals surface area contributed by atoms with Crippen LogP contribution < -0.4 is 4.74 Å². The van der Waals surface area contributed by atoms with Crippen molar-refractivity contribution < 1.29 is 17.9 Å². The molecule has 0 saturated heterocycles. The average Bonchev–Trinajstić information content (AvgIpc) is 2.26. The molecule has 0 bridgehead atoms. The van der Waals surface area contributed by atoms with Crippen molar-refractivity contribution in [2.75, 3.05) is 12.9 Å². The second-order valence-electron chi connectivity index (χ2n) is 3.07. The smallest absolute Gasteiger partial charge is 0.182 e. The lowest BCUT2D eigenvalue weighted by Crippen LogP contribution is -2.08. The minimum absolute atomic E-state index is 0.0179. The summed E-state index contributed by atoms with van der Waals surface area (Å²) >= 11 is 5.72. The molecule has 16 heavy (non-hydrogen) atoms. The molecule has 0 aromatic heterocycles. The zero-order valence-corrected chi connectivity index (χ0v) is 10.2. The van der Waals surface area contributed by atoms with Crippen molar-refractivity contribution in [2.24, 2.45) is 0 Å². The van der Waals surface area contributed by atoms with E-state index in [1.54, 1.807) is 6.07 Å². The summed E-state index contributed by atoms with van der Waals surface area (Å²) in [6.45, 7) is 0. The molecule has 0 aliphatic rings. The molecule has 0 aliphatic heterocycles. The van der Waals surface area contributed by atoms with E-state index in [4.69, 9.17) is 16.3 Å². The standard InChI is InChI=1S/C10H11ClO4S/c1-15-9-4-3-8(11)7-10(9)16(13,14)6-2-5-12/h3-5,7H,2,6H2,1H3. The van der Waals surface area contributed by atoms with E-state index in [-0.39, 0.29) is 22.8 Å². The lowest BCUT2D eigenvalue weighted by molar-refractivity contribution is -0.107. The van der Waals surface area contributed by atoms with E-state index < -0.39 is 9.84 Å². The van der Waals surface area contributed by atoms with Gasteiger partial charge in [-0.15, -0.1) is 0 Å². The summed E-state index contributed by atoms with van der Waals surface area (Å²) in [5, 5.41) is 0.311. The van der Waals surface area contributed by atoms with Crippen molar-refractivity contribution in [3.05, 3.63) is 23.2 Å². The predicted octanol–water partition coefficient (Wildman–Crippen LogP) is 1.71. The van der Waals surface area contributed by atoms with Gasteiger partial charge in [0.1, 0.15) is 16.9 Å². The van der Waals surface area contributed by atoms with Gasteiger partial charge >= 0.3 is 0 Å². The molecule has 1 rings (SSSR count). The highest BCUT2D eigenvalue weighted by molar-refractivity contribution is 7.91. The molecule has 6 heteroatoms. The van der Waals surface area contributed by atoms with Crippen LogP contribution in [0.3, 0.4) is 0 Å². The number of methoxy groups -OCH3 is 1. The second kappa shape index (κ2) is 5.32. The van der Waals surface area contributed by atoms with Crippen LogP contribution in [0.1, 0.15) is 6.42 Å². The van der Waals surface area contributed by atoms with E-state index in [1.165, 1.54) is 19.2 Å². The number of hydrogen-bond acceptors (Lipinski definition) is 4. The maximum absolute atomic E-state index is 11.8. The summed E-state index contributed by atoms with van der Waals surface area (Å²) < 4.78 is 28.6. The number of halogens is 1. The maximum Gasteiger partial charge on any atom is 0.182 e. The van der Waals surface area contributed by atoms with Crippen molar-refractivity contribution in [1.29, 1.82) is 0 Å². The number of hydrogen-bond donors (Lipinski definition) is 0. The SMILES string of the molecule is COc1ccc(Cl)cc1S(=O)(=O)CCC=O. The van der Waals surface area contributed by atoms with Crippen LogP contribution in [0.4, 0.5) is 0 Å². The van der Waals surface area contributed by atoms with Gasteiger partial charge in [0.05, 0.1) is 12.9 Å². The molecule has 0 unspecified atom stereocenters. The monoisotopic (exact) mass is 262 g/mol. The van der Waals surface area contributed by atoms with Gasteiger partial charge in [0.2, 0.25) is 0 Å². The van der Waals surface area contributed by atoms with Crippen LogP contribution >= 0.6 is 11.6 Å². The summed E-state index contributed by atoms with van der Waals surface area (Å²) in [6, 6.07) is 4.34. The van der Waals surface area contributed by atoms with E-state index in [2.05, 4.69) is 0 Å². The Morgan fingerprint density at radius 1 is 1.44 bits per heavy atom. The Morgan fingerprint density at radius 2 is 2.12 bits per heavy atom. The van der Waals surface area contributed by atoms with Crippen LogP contribution in [0.25, 0.3) is 0 Å². The summed E-state index contributed by atoms with van der Waals surface area (Å²) in [4.78, 5) is 10.2. The first-order chi connectivity index (χ1) is 7.51. The Morgan fingerprint density at radius 3 is 2.69 bits per heavy atom. The van der Waals surface area contributed by atoms with Gasteiger partial charge in [0, 0.05) is 11.4 Å². The number of carbonyl (C=O) groups excluding carboxylic acids is 1. The molecule has 88 valence electrons. The number of rotatable bonds is 5. The Kier molecular flexibility index (Phi) is 4.32. The van der Waals surface area contributed by atoms with Crippen LogP contribution in [0.2, 0.25) is 5.02 Å². The molecular formula is C10H11ClO4S. The minimum atomic E-state index is -3.53. The number of ether oxygens (including phenoxy) is 1. The van der Waals surface area contributed by atoms with Crippen LogP contribution in [0, 0.1) is 0 Å². The molecule has 0 amide bonds. The minimum Gasteiger partial charge on any atom is -0.495 e. The van der Waals surface area contributed by atoms with Crippen molar-refractivity contribution in [3.8, 4) is 5.75 Å². The van der Waals surface area contributed by atoms with Crippen molar-refractivity contribution in [3.63, 3.8) is 0 Å². The predicted molar refractivity (Wildman–Crippen MR) is 60.7 cm³/mol. The third kappa shape index (κ3) is 2.96. The topological polar surface area (TPSA) is 60.4 Å². The highest BCUT2D eigenvalue weighted by atomic mass is 35.5. The summed E-state index contributed by atoms with van der Waals surface area (Å²) in [7, 11) is -2.15. The van der Waals surface area contributed by atoms with Crippen molar-refractivity contribution in [2.45, 2.75) is 11.3 Å². The van der Waals surface area contributed by atoms with Crippen molar-refractivity contribution in [1.82, 2.24) is 0 Å². The third-order valence-electron chi connectivity index (χ3n) is 1.97. The summed E-state index contributed by atoms with van der Waals surface area (Å²) in [6.07, 6.45) is 0.520. The fraction of sp³-hybridized carbons (Fsp3) is 0.300. The van der Waals surface area contributed by atoms with Crippen molar-refractivity contribution >= 4 is 27.7 Å². The van der Waals surface area contributed by atoms with E-state index in [0.717, 1.165) is 0 Å². The lowest BCUT2D eigenvalue weighted by atomic mass is 10.3. The quantitative estimate of drug-likeness (QED) is 0.758. The lowest BCUT2D eigenvalue weighted by Gasteiger charge is -2.08. The van der Waals surface area contributed by atoms with Crippen LogP contribution in [0.5, 0.6) is 5.75 Å². The normalized spacial score (nSPS) is 11.1. The molecule has 0 radical (unpaired) electrons.